The molecule has 0 bridgehead atoms. The summed E-state index contributed by atoms with van der Waals surface area (Å²) in [5.41, 5.74) is 5.97. The summed E-state index contributed by atoms with van der Waals surface area (Å²) in [5.74, 6) is 0.00249. The van der Waals surface area contributed by atoms with Gasteiger partial charge in [-0.3, -0.25) is 4.79 Å². The Balaban J connectivity index is 1.56. The molecule has 0 radical (unpaired) electrons. The van der Waals surface area contributed by atoms with E-state index in [1.54, 1.807) is 0 Å². The molecule has 23 heavy (non-hydrogen) atoms. The molecule has 120 valence electrons. The molecule has 2 aromatic carbocycles. The van der Waals surface area contributed by atoms with Gasteiger partial charge in [-0.2, -0.15) is 0 Å². The number of anilines is 1. The molecule has 3 heteroatoms. The molecule has 2 aromatic rings. The highest BCUT2D eigenvalue weighted by Crippen LogP contribution is 2.26. The molecule has 0 unspecified atom stereocenters. The van der Waals surface area contributed by atoms with E-state index in [4.69, 9.17) is 0 Å². The molecular weight excluding hydrogens is 284 g/mol. The van der Waals surface area contributed by atoms with Crippen molar-refractivity contribution in [1.29, 1.82) is 0 Å². The summed E-state index contributed by atoms with van der Waals surface area (Å²) < 4.78 is 0. The van der Waals surface area contributed by atoms with Crippen LogP contribution in [0.1, 0.15) is 33.5 Å². The summed E-state index contributed by atoms with van der Waals surface area (Å²) in [6.45, 7) is 3.83. The van der Waals surface area contributed by atoms with Crippen LogP contribution in [-0.2, 0) is 12.8 Å². The van der Waals surface area contributed by atoms with Gasteiger partial charge in [0.25, 0.3) is 5.91 Å². The van der Waals surface area contributed by atoms with Crippen LogP contribution in [0.3, 0.4) is 0 Å². The SMILES string of the molecule is Cc1ccc(C(=O)NCCc2ccc3c(c2)CCCN3C)cc1. The highest BCUT2D eigenvalue weighted by atomic mass is 16.1. The Kier molecular flexibility index (Phi) is 4.65. The molecule has 1 N–H and O–H groups in total. The van der Waals surface area contributed by atoms with Crippen LogP contribution in [0.15, 0.2) is 42.5 Å². The van der Waals surface area contributed by atoms with Crippen LogP contribution in [0, 0.1) is 6.92 Å². The summed E-state index contributed by atoms with van der Waals surface area (Å²) in [6, 6.07) is 14.4. The second-order valence-electron chi connectivity index (χ2n) is 6.36. The number of rotatable bonds is 4. The molecule has 0 aliphatic carbocycles. The van der Waals surface area contributed by atoms with E-state index in [0.29, 0.717) is 6.54 Å². The van der Waals surface area contributed by atoms with Crippen LogP contribution >= 0.6 is 0 Å². The second kappa shape index (κ2) is 6.86. The molecule has 0 fully saturated rings. The first-order valence-corrected chi connectivity index (χ1v) is 8.31. The van der Waals surface area contributed by atoms with Crippen LogP contribution in [0.2, 0.25) is 0 Å². The molecular formula is C20H24N2O. The third-order valence-electron chi connectivity index (χ3n) is 4.51. The van der Waals surface area contributed by atoms with E-state index in [-0.39, 0.29) is 5.91 Å². The highest BCUT2D eigenvalue weighted by molar-refractivity contribution is 5.94. The lowest BCUT2D eigenvalue weighted by Gasteiger charge is -2.27. The molecule has 0 spiro atoms. The molecule has 0 saturated heterocycles. The van der Waals surface area contributed by atoms with Gasteiger partial charge in [-0.05, 0) is 55.5 Å². The summed E-state index contributed by atoms with van der Waals surface area (Å²) in [4.78, 5) is 14.4. The number of fused-ring (bicyclic) bond motifs is 1. The van der Waals surface area contributed by atoms with Gasteiger partial charge in [-0.25, -0.2) is 0 Å². The largest absolute Gasteiger partial charge is 0.374 e. The molecule has 0 saturated carbocycles. The number of hydrogen-bond donors (Lipinski definition) is 1. The van der Waals surface area contributed by atoms with E-state index < -0.39 is 0 Å². The Labute approximate surface area is 138 Å². The maximum atomic E-state index is 12.1. The molecule has 0 aromatic heterocycles. The predicted octanol–water partition coefficient (Wildman–Crippen LogP) is 3.35. The van der Waals surface area contributed by atoms with Gasteiger partial charge >= 0.3 is 0 Å². The zero-order chi connectivity index (χ0) is 16.2. The minimum absolute atomic E-state index is 0.00249. The standard InChI is InChI=1S/C20H24N2O/c1-15-5-8-17(9-6-15)20(23)21-12-11-16-7-10-19-18(14-16)4-3-13-22(19)2/h5-10,14H,3-4,11-13H2,1-2H3,(H,21,23). The molecule has 1 heterocycles. The monoisotopic (exact) mass is 308 g/mol. The highest BCUT2D eigenvalue weighted by Gasteiger charge is 2.13. The normalized spacial score (nSPS) is 13.6. The minimum atomic E-state index is 0.00249. The first-order chi connectivity index (χ1) is 11.1. The lowest BCUT2D eigenvalue weighted by molar-refractivity contribution is 0.0954. The molecule has 3 nitrogen and oxygen atoms in total. The van der Waals surface area contributed by atoms with Crippen molar-refractivity contribution in [2.45, 2.75) is 26.2 Å². The fraction of sp³-hybridized carbons (Fsp3) is 0.350. The van der Waals surface area contributed by atoms with E-state index in [1.165, 1.54) is 28.8 Å². The number of benzene rings is 2. The predicted molar refractivity (Wildman–Crippen MR) is 95.2 cm³/mol. The summed E-state index contributed by atoms with van der Waals surface area (Å²) in [7, 11) is 2.15. The van der Waals surface area contributed by atoms with Gasteiger partial charge in [-0.1, -0.05) is 29.8 Å². The molecule has 1 amide bonds. The van der Waals surface area contributed by atoms with Gasteiger partial charge in [0.15, 0.2) is 0 Å². The lowest BCUT2D eigenvalue weighted by atomic mass is 9.98. The second-order valence-corrected chi connectivity index (χ2v) is 6.36. The Morgan fingerprint density at radius 2 is 1.96 bits per heavy atom. The summed E-state index contributed by atoms with van der Waals surface area (Å²) in [6.07, 6.45) is 3.24. The summed E-state index contributed by atoms with van der Waals surface area (Å²) >= 11 is 0. The van der Waals surface area contributed by atoms with Crippen LogP contribution in [-0.4, -0.2) is 26.0 Å². The molecule has 3 rings (SSSR count). The van der Waals surface area contributed by atoms with Crippen molar-refractivity contribution in [2.24, 2.45) is 0 Å². The van der Waals surface area contributed by atoms with Crippen LogP contribution in [0.4, 0.5) is 5.69 Å². The van der Waals surface area contributed by atoms with E-state index in [2.05, 4.69) is 35.5 Å². The van der Waals surface area contributed by atoms with Crippen molar-refractivity contribution >= 4 is 11.6 Å². The lowest BCUT2D eigenvalue weighted by Crippen LogP contribution is -2.26. The van der Waals surface area contributed by atoms with Gasteiger partial charge in [0.05, 0.1) is 0 Å². The fourth-order valence-corrected chi connectivity index (χ4v) is 3.12. The van der Waals surface area contributed by atoms with E-state index in [0.717, 1.165) is 24.9 Å². The molecule has 1 aliphatic rings. The third kappa shape index (κ3) is 3.73. The van der Waals surface area contributed by atoms with Gasteiger partial charge in [-0.15, -0.1) is 0 Å². The van der Waals surface area contributed by atoms with E-state index >= 15 is 0 Å². The van der Waals surface area contributed by atoms with Crippen molar-refractivity contribution in [2.75, 3.05) is 25.0 Å². The van der Waals surface area contributed by atoms with Crippen LogP contribution in [0.5, 0.6) is 0 Å². The topological polar surface area (TPSA) is 32.3 Å². The molecule has 0 atom stereocenters. The maximum Gasteiger partial charge on any atom is 0.251 e. The first-order valence-electron chi connectivity index (χ1n) is 8.31. The van der Waals surface area contributed by atoms with Crippen molar-refractivity contribution in [3.05, 3.63) is 64.7 Å². The number of carbonyl (C=O) groups excluding carboxylic acids is 1. The smallest absolute Gasteiger partial charge is 0.251 e. The fourth-order valence-electron chi connectivity index (χ4n) is 3.12. The Morgan fingerprint density at radius 3 is 2.74 bits per heavy atom. The quantitative estimate of drug-likeness (QED) is 0.939. The maximum absolute atomic E-state index is 12.1. The van der Waals surface area contributed by atoms with Gasteiger partial charge < -0.3 is 10.2 Å². The average molecular weight is 308 g/mol. The number of carbonyl (C=O) groups is 1. The number of amides is 1. The van der Waals surface area contributed by atoms with Crippen molar-refractivity contribution < 1.29 is 4.79 Å². The third-order valence-corrected chi connectivity index (χ3v) is 4.51. The molecule has 1 aliphatic heterocycles. The Bertz CT molecular complexity index is 691. The van der Waals surface area contributed by atoms with E-state index in [9.17, 15) is 4.79 Å². The first kappa shape index (κ1) is 15.6. The van der Waals surface area contributed by atoms with Crippen molar-refractivity contribution in [3.8, 4) is 0 Å². The average Bonchev–Trinajstić information content (AvgIpc) is 2.55. The summed E-state index contributed by atoms with van der Waals surface area (Å²) in [5, 5.41) is 3.01. The van der Waals surface area contributed by atoms with Gasteiger partial charge in [0, 0.05) is 31.4 Å². The Hall–Kier alpha value is -2.29. The number of nitrogens with zero attached hydrogens (tertiary/aromatic N) is 1. The minimum Gasteiger partial charge on any atom is -0.374 e. The van der Waals surface area contributed by atoms with Gasteiger partial charge in [0.1, 0.15) is 0 Å². The van der Waals surface area contributed by atoms with Crippen LogP contribution in [0.25, 0.3) is 0 Å². The van der Waals surface area contributed by atoms with Crippen molar-refractivity contribution in [3.63, 3.8) is 0 Å². The Morgan fingerprint density at radius 1 is 1.17 bits per heavy atom. The van der Waals surface area contributed by atoms with E-state index in [1.807, 2.05) is 31.2 Å². The number of hydrogen-bond acceptors (Lipinski definition) is 2. The number of nitrogens with one attached hydrogen (secondary N) is 1. The van der Waals surface area contributed by atoms with Crippen molar-refractivity contribution in [1.82, 2.24) is 5.32 Å². The zero-order valence-electron chi connectivity index (χ0n) is 13.9. The zero-order valence-corrected chi connectivity index (χ0v) is 13.9. The van der Waals surface area contributed by atoms with Gasteiger partial charge in [0.2, 0.25) is 0 Å². The number of aryl methyl sites for hydroxylation is 2. The van der Waals surface area contributed by atoms with Crippen LogP contribution < -0.4 is 10.2 Å².